The van der Waals surface area contributed by atoms with Gasteiger partial charge in [-0.1, -0.05) is 18.3 Å². The van der Waals surface area contributed by atoms with Crippen LogP contribution in [0.3, 0.4) is 0 Å². The van der Waals surface area contributed by atoms with E-state index >= 15 is 0 Å². The third-order valence-corrected chi connectivity index (χ3v) is 1.70. The SMILES string of the molecule is NC(=S)c1cc(CO)ccc1F. The van der Waals surface area contributed by atoms with Crippen LogP contribution < -0.4 is 5.73 Å². The van der Waals surface area contributed by atoms with Gasteiger partial charge in [-0.2, -0.15) is 0 Å². The van der Waals surface area contributed by atoms with Crippen LogP contribution in [-0.2, 0) is 6.61 Å². The molecule has 1 rings (SSSR count). The van der Waals surface area contributed by atoms with Crippen molar-refractivity contribution in [1.82, 2.24) is 0 Å². The third-order valence-electron chi connectivity index (χ3n) is 1.48. The Hall–Kier alpha value is -1.00. The van der Waals surface area contributed by atoms with Crippen molar-refractivity contribution in [2.24, 2.45) is 5.73 Å². The largest absolute Gasteiger partial charge is 0.392 e. The van der Waals surface area contributed by atoms with E-state index in [1.807, 2.05) is 0 Å². The molecule has 0 amide bonds. The minimum Gasteiger partial charge on any atom is -0.392 e. The molecule has 0 aliphatic rings. The summed E-state index contributed by atoms with van der Waals surface area (Å²) < 4.78 is 12.9. The molecule has 0 radical (unpaired) electrons. The number of halogens is 1. The Kier molecular flexibility index (Phi) is 2.73. The second-order valence-corrected chi connectivity index (χ2v) is 2.78. The van der Waals surface area contributed by atoms with Crippen molar-refractivity contribution in [2.45, 2.75) is 6.61 Å². The molecule has 1 aromatic carbocycles. The smallest absolute Gasteiger partial charge is 0.133 e. The van der Waals surface area contributed by atoms with Crippen LogP contribution in [0.15, 0.2) is 18.2 Å². The van der Waals surface area contributed by atoms with Gasteiger partial charge in [-0.25, -0.2) is 4.39 Å². The first-order chi connectivity index (χ1) is 5.65. The summed E-state index contributed by atoms with van der Waals surface area (Å²) in [5.41, 5.74) is 6.02. The lowest BCUT2D eigenvalue weighted by Crippen LogP contribution is -2.12. The molecular weight excluding hydrogens is 177 g/mol. The maximum atomic E-state index is 12.9. The summed E-state index contributed by atoms with van der Waals surface area (Å²) in [7, 11) is 0. The number of thiocarbonyl (C=S) groups is 1. The van der Waals surface area contributed by atoms with Crippen molar-refractivity contribution in [2.75, 3.05) is 0 Å². The third kappa shape index (κ3) is 1.78. The predicted octanol–water partition coefficient (Wildman–Crippen LogP) is 0.952. The highest BCUT2D eigenvalue weighted by Gasteiger charge is 2.04. The van der Waals surface area contributed by atoms with E-state index in [0.717, 1.165) is 0 Å². The van der Waals surface area contributed by atoms with Crippen LogP contribution in [0.1, 0.15) is 11.1 Å². The van der Waals surface area contributed by atoms with Crippen molar-refractivity contribution in [1.29, 1.82) is 0 Å². The molecule has 0 fully saturated rings. The number of hydrogen-bond donors (Lipinski definition) is 2. The first-order valence-corrected chi connectivity index (χ1v) is 3.75. The van der Waals surface area contributed by atoms with Crippen molar-refractivity contribution >= 4 is 17.2 Å². The molecule has 4 heteroatoms. The molecule has 0 heterocycles. The maximum absolute atomic E-state index is 12.9. The second kappa shape index (κ2) is 3.60. The van der Waals surface area contributed by atoms with Gasteiger partial charge in [0.25, 0.3) is 0 Å². The summed E-state index contributed by atoms with van der Waals surface area (Å²) in [5, 5.41) is 8.73. The zero-order chi connectivity index (χ0) is 9.14. The van der Waals surface area contributed by atoms with Gasteiger partial charge in [0.05, 0.1) is 6.61 Å². The Labute approximate surface area is 74.8 Å². The molecule has 0 saturated carbocycles. The van der Waals surface area contributed by atoms with E-state index in [-0.39, 0.29) is 17.2 Å². The van der Waals surface area contributed by atoms with E-state index < -0.39 is 5.82 Å². The fourth-order valence-corrected chi connectivity index (χ4v) is 1.02. The molecule has 0 aromatic heterocycles. The maximum Gasteiger partial charge on any atom is 0.133 e. The summed E-state index contributed by atoms with van der Waals surface area (Å²) >= 11 is 4.61. The van der Waals surface area contributed by atoms with Gasteiger partial charge in [-0.05, 0) is 17.7 Å². The van der Waals surface area contributed by atoms with Gasteiger partial charge in [-0.3, -0.25) is 0 Å². The molecule has 0 bridgehead atoms. The molecule has 64 valence electrons. The number of rotatable bonds is 2. The monoisotopic (exact) mass is 185 g/mol. The van der Waals surface area contributed by atoms with E-state index in [1.165, 1.54) is 18.2 Å². The Morgan fingerprint density at radius 3 is 2.75 bits per heavy atom. The minimum atomic E-state index is -0.459. The van der Waals surface area contributed by atoms with Crippen molar-refractivity contribution in [3.05, 3.63) is 35.1 Å². The van der Waals surface area contributed by atoms with Gasteiger partial charge in [0.1, 0.15) is 10.8 Å². The van der Waals surface area contributed by atoms with Crippen molar-refractivity contribution < 1.29 is 9.50 Å². The summed E-state index contributed by atoms with van der Waals surface area (Å²) in [6.07, 6.45) is 0. The highest BCUT2D eigenvalue weighted by atomic mass is 32.1. The molecule has 0 atom stereocenters. The highest BCUT2D eigenvalue weighted by Crippen LogP contribution is 2.10. The first kappa shape index (κ1) is 9.09. The standard InChI is InChI=1S/C8H8FNOS/c9-7-2-1-5(4-11)3-6(7)8(10)12/h1-3,11H,4H2,(H2,10,12). The van der Waals surface area contributed by atoms with E-state index in [2.05, 4.69) is 12.2 Å². The zero-order valence-corrected chi connectivity index (χ0v) is 7.07. The summed E-state index contributed by atoms with van der Waals surface area (Å²) in [5.74, 6) is -0.459. The average molecular weight is 185 g/mol. The Morgan fingerprint density at radius 1 is 1.58 bits per heavy atom. The van der Waals surface area contributed by atoms with Gasteiger partial charge in [0.2, 0.25) is 0 Å². The first-order valence-electron chi connectivity index (χ1n) is 3.34. The van der Waals surface area contributed by atoms with E-state index in [4.69, 9.17) is 10.8 Å². The van der Waals surface area contributed by atoms with Crippen LogP contribution in [0.5, 0.6) is 0 Å². The van der Waals surface area contributed by atoms with E-state index in [9.17, 15) is 4.39 Å². The van der Waals surface area contributed by atoms with Crippen LogP contribution in [-0.4, -0.2) is 10.1 Å². The molecule has 1 aromatic rings. The van der Waals surface area contributed by atoms with Gasteiger partial charge in [0.15, 0.2) is 0 Å². The van der Waals surface area contributed by atoms with Crippen LogP contribution in [0.25, 0.3) is 0 Å². The van der Waals surface area contributed by atoms with Gasteiger partial charge in [0, 0.05) is 5.56 Å². The van der Waals surface area contributed by atoms with Gasteiger partial charge < -0.3 is 10.8 Å². The van der Waals surface area contributed by atoms with Crippen molar-refractivity contribution in [3.8, 4) is 0 Å². The second-order valence-electron chi connectivity index (χ2n) is 2.34. The molecule has 12 heavy (non-hydrogen) atoms. The van der Waals surface area contributed by atoms with Crippen molar-refractivity contribution in [3.63, 3.8) is 0 Å². The Balaban J connectivity index is 3.17. The quantitative estimate of drug-likeness (QED) is 0.674. The number of nitrogens with two attached hydrogens (primary N) is 1. The molecule has 0 saturated heterocycles. The number of aliphatic hydroxyl groups excluding tert-OH is 1. The number of benzene rings is 1. The molecule has 0 aliphatic carbocycles. The Bertz CT molecular complexity index is 314. The predicted molar refractivity (Wildman–Crippen MR) is 48.2 cm³/mol. The topological polar surface area (TPSA) is 46.2 Å². The molecule has 3 N–H and O–H groups in total. The molecule has 0 spiro atoms. The number of aliphatic hydroxyl groups is 1. The zero-order valence-electron chi connectivity index (χ0n) is 6.25. The van der Waals surface area contributed by atoms with Gasteiger partial charge in [-0.15, -0.1) is 0 Å². The lowest BCUT2D eigenvalue weighted by Gasteiger charge is -2.02. The highest BCUT2D eigenvalue weighted by molar-refractivity contribution is 7.80. The van der Waals surface area contributed by atoms with E-state index in [1.54, 1.807) is 0 Å². The normalized spacial score (nSPS) is 9.83. The molecule has 0 aliphatic heterocycles. The molecular formula is C8H8FNOS. The fourth-order valence-electron chi connectivity index (χ4n) is 0.860. The molecule has 2 nitrogen and oxygen atoms in total. The average Bonchev–Trinajstić information content (AvgIpc) is 2.05. The fraction of sp³-hybridized carbons (Fsp3) is 0.125. The lowest BCUT2D eigenvalue weighted by molar-refractivity contribution is 0.281. The van der Waals surface area contributed by atoms with Crippen LogP contribution in [0, 0.1) is 5.82 Å². The van der Waals surface area contributed by atoms with Crippen LogP contribution in [0.4, 0.5) is 4.39 Å². The summed E-state index contributed by atoms with van der Waals surface area (Å²) in [4.78, 5) is 0.00259. The summed E-state index contributed by atoms with van der Waals surface area (Å²) in [6.45, 7) is -0.143. The minimum absolute atomic E-state index is 0.00259. The molecule has 0 unspecified atom stereocenters. The summed E-state index contributed by atoms with van der Waals surface area (Å²) in [6, 6.07) is 4.16. The van der Waals surface area contributed by atoms with Crippen LogP contribution in [0.2, 0.25) is 0 Å². The van der Waals surface area contributed by atoms with Gasteiger partial charge >= 0.3 is 0 Å². The number of hydrogen-bond acceptors (Lipinski definition) is 2. The lowest BCUT2D eigenvalue weighted by atomic mass is 10.1. The van der Waals surface area contributed by atoms with E-state index in [0.29, 0.717) is 5.56 Å². The van der Waals surface area contributed by atoms with Crippen LogP contribution >= 0.6 is 12.2 Å². The Morgan fingerprint density at radius 2 is 2.25 bits per heavy atom.